The van der Waals surface area contributed by atoms with Crippen LogP contribution in [0.4, 0.5) is 0 Å². The van der Waals surface area contributed by atoms with E-state index < -0.39 is 0 Å². The Labute approximate surface area is 173 Å². The Morgan fingerprint density at radius 2 is 1.36 bits per heavy atom. The van der Waals surface area contributed by atoms with Crippen molar-refractivity contribution in [3.63, 3.8) is 0 Å². The summed E-state index contributed by atoms with van der Waals surface area (Å²) >= 11 is 3.59. The number of ether oxygens (including phenoxy) is 4. The molecular formula is C23H21BrO4. The Morgan fingerprint density at radius 3 is 1.96 bits per heavy atom. The van der Waals surface area contributed by atoms with E-state index >= 15 is 0 Å². The van der Waals surface area contributed by atoms with Crippen LogP contribution in [-0.2, 0) is 0 Å². The molecule has 0 unspecified atom stereocenters. The van der Waals surface area contributed by atoms with E-state index in [-0.39, 0.29) is 12.0 Å². The molecule has 0 saturated heterocycles. The molecule has 4 rings (SSSR count). The van der Waals surface area contributed by atoms with E-state index in [1.165, 1.54) is 0 Å². The summed E-state index contributed by atoms with van der Waals surface area (Å²) in [5.74, 6) is 3.22. The molecule has 0 aliphatic carbocycles. The number of methoxy groups -OCH3 is 3. The van der Waals surface area contributed by atoms with Crippen molar-refractivity contribution in [3.8, 4) is 23.0 Å². The first-order valence-electron chi connectivity index (χ1n) is 8.96. The summed E-state index contributed by atoms with van der Waals surface area (Å²) in [6, 6.07) is 20.1. The summed E-state index contributed by atoms with van der Waals surface area (Å²) in [4.78, 5) is 0. The van der Waals surface area contributed by atoms with Crippen LogP contribution in [0.1, 0.15) is 28.7 Å². The van der Waals surface area contributed by atoms with Gasteiger partial charge in [0.2, 0.25) is 0 Å². The van der Waals surface area contributed by atoms with Crippen molar-refractivity contribution in [2.75, 3.05) is 21.3 Å². The molecular weight excluding hydrogens is 420 g/mol. The van der Waals surface area contributed by atoms with Gasteiger partial charge in [-0.05, 0) is 53.6 Å². The number of rotatable bonds is 5. The van der Waals surface area contributed by atoms with Gasteiger partial charge in [-0.2, -0.15) is 0 Å². The zero-order valence-corrected chi connectivity index (χ0v) is 17.5. The van der Waals surface area contributed by atoms with Crippen molar-refractivity contribution in [1.82, 2.24) is 0 Å². The molecule has 1 aliphatic heterocycles. The average Bonchev–Trinajstić information content (AvgIpc) is 3.11. The summed E-state index contributed by atoms with van der Waals surface area (Å²) < 4.78 is 23.7. The first-order valence-corrected chi connectivity index (χ1v) is 9.75. The molecule has 2 atom stereocenters. The van der Waals surface area contributed by atoms with E-state index in [1.807, 2.05) is 42.5 Å². The fourth-order valence-corrected chi connectivity index (χ4v) is 4.03. The second kappa shape index (κ2) is 7.76. The molecule has 0 N–H and O–H groups in total. The van der Waals surface area contributed by atoms with Crippen LogP contribution in [-0.4, -0.2) is 21.3 Å². The lowest BCUT2D eigenvalue weighted by atomic mass is 9.85. The predicted octanol–water partition coefficient (Wildman–Crippen LogP) is 5.74. The van der Waals surface area contributed by atoms with Crippen LogP contribution in [0.5, 0.6) is 23.0 Å². The molecule has 144 valence electrons. The van der Waals surface area contributed by atoms with Crippen molar-refractivity contribution >= 4 is 15.9 Å². The third-order valence-electron chi connectivity index (χ3n) is 5.04. The van der Waals surface area contributed by atoms with Crippen LogP contribution in [0.3, 0.4) is 0 Å². The van der Waals surface area contributed by atoms with Crippen molar-refractivity contribution in [3.05, 3.63) is 81.8 Å². The minimum Gasteiger partial charge on any atom is -0.497 e. The number of fused-ring (bicyclic) bond motifs is 1. The van der Waals surface area contributed by atoms with Crippen molar-refractivity contribution in [2.24, 2.45) is 0 Å². The van der Waals surface area contributed by atoms with Crippen LogP contribution >= 0.6 is 15.9 Å². The minimum atomic E-state index is -0.160. The van der Waals surface area contributed by atoms with Crippen molar-refractivity contribution < 1.29 is 18.9 Å². The van der Waals surface area contributed by atoms with Crippen LogP contribution in [0.25, 0.3) is 0 Å². The van der Waals surface area contributed by atoms with E-state index in [2.05, 4.69) is 34.1 Å². The summed E-state index contributed by atoms with van der Waals surface area (Å²) in [5, 5.41) is 0. The molecule has 0 aromatic heterocycles. The van der Waals surface area contributed by atoms with Crippen LogP contribution in [0, 0.1) is 0 Å². The van der Waals surface area contributed by atoms with Crippen LogP contribution < -0.4 is 18.9 Å². The van der Waals surface area contributed by atoms with E-state index in [1.54, 1.807) is 21.3 Å². The fraction of sp³-hybridized carbons (Fsp3) is 0.217. The molecule has 0 fully saturated rings. The molecule has 0 saturated carbocycles. The zero-order chi connectivity index (χ0) is 19.7. The van der Waals surface area contributed by atoms with E-state index in [0.717, 1.165) is 44.2 Å². The second-order valence-corrected chi connectivity index (χ2v) is 7.53. The maximum absolute atomic E-state index is 6.39. The number of benzene rings is 3. The first kappa shape index (κ1) is 18.7. The largest absolute Gasteiger partial charge is 0.497 e. The van der Waals surface area contributed by atoms with Crippen molar-refractivity contribution in [2.45, 2.75) is 12.0 Å². The zero-order valence-electron chi connectivity index (χ0n) is 15.9. The smallest absolute Gasteiger partial charge is 0.135 e. The lowest BCUT2D eigenvalue weighted by molar-refractivity contribution is 0.222. The Hall–Kier alpha value is -2.66. The van der Waals surface area contributed by atoms with Gasteiger partial charge in [0.15, 0.2) is 0 Å². The molecule has 0 bridgehead atoms. The van der Waals surface area contributed by atoms with Crippen LogP contribution in [0.15, 0.2) is 65.1 Å². The fourth-order valence-electron chi connectivity index (χ4n) is 3.66. The van der Waals surface area contributed by atoms with Gasteiger partial charge in [0, 0.05) is 16.1 Å². The molecule has 3 aromatic rings. The lowest BCUT2D eigenvalue weighted by Gasteiger charge is -2.21. The highest BCUT2D eigenvalue weighted by Gasteiger charge is 2.37. The summed E-state index contributed by atoms with van der Waals surface area (Å²) in [5.41, 5.74) is 3.29. The summed E-state index contributed by atoms with van der Waals surface area (Å²) in [6.07, 6.45) is -0.160. The highest BCUT2D eigenvalue weighted by molar-refractivity contribution is 9.10. The van der Waals surface area contributed by atoms with Gasteiger partial charge < -0.3 is 18.9 Å². The van der Waals surface area contributed by atoms with E-state index in [9.17, 15) is 0 Å². The standard InChI is InChI=1S/C23H21BrO4/c1-25-17-7-4-14(5-8-17)23-22(20-12-16(24)6-9-21(20)28-23)15-10-18(26-2)13-19(11-15)27-3/h4-13,22-23H,1-3H3/t22-,23-/m1/s1. The van der Waals surface area contributed by atoms with Gasteiger partial charge in [-0.15, -0.1) is 0 Å². The topological polar surface area (TPSA) is 36.9 Å². The van der Waals surface area contributed by atoms with Gasteiger partial charge in [-0.25, -0.2) is 0 Å². The summed E-state index contributed by atoms with van der Waals surface area (Å²) in [6.45, 7) is 0. The van der Waals surface area contributed by atoms with Gasteiger partial charge in [0.25, 0.3) is 0 Å². The first-order chi connectivity index (χ1) is 13.6. The normalized spacial score (nSPS) is 17.6. The SMILES string of the molecule is COc1ccc([C@H]2Oc3ccc(Br)cc3[C@H]2c2cc(OC)cc(OC)c2)cc1. The predicted molar refractivity (Wildman–Crippen MR) is 112 cm³/mol. The third kappa shape index (κ3) is 3.42. The lowest BCUT2D eigenvalue weighted by Crippen LogP contribution is -2.11. The molecule has 0 amide bonds. The van der Waals surface area contributed by atoms with Crippen LogP contribution in [0.2, 0.25) is 0 Å². The molecule has 0 radical (unpaired) electrons. The van der Waals surface area contributed by atoms with E-state index in [0.29, 0.717) is 0 Å². The van der Waals surface area contributed by atoms with E-state index in [4.69, 9.17) is 18.9 Å². The molecule has 1 aliphatic rings. The number of halogens is 1. The Morgan fingerprint density at radius 1 is 0.714 bits per heavy atom. The van der Waals surface area contributed by atoms with Gasteiger partial charge in [0.1, 0.15) is 29.1 Å². The van der Waals surface area contributed by atoms with Gasteiger partial charge in [-0.3, -0.25) is 0 Å². The Balaban J connectivity index is 1.85. The number of hydrogen-bond donors (Lipinski definition) is 0. The maximum Gasteiger partial charge on any atom is 0.135 e. The molecule has 28 heavy (non-hydrogen) atoms. The maximum atomic E-state index is 6.39. The van der Waals surface area contributed by atoms with Gasteiger partial charge >= 0.3 is 0 Å². The monoisotopic (exact) mass is 440 g/mol. The minimum absolute atomic E-state index is 0.00453. The molecule has 4 nitrogen and oxygen atoms in total. The Kier molecular flexibility index (Phi) is 5.18. The number of hydrogen-bond acceptors (Lipinski definition) is 4. The Bertz CT molecular complexity index is 962. The average molecular weight is 441 g/mol. The highest BCUT2D eigenvalue weighted by Crippen LogP contribution is 2.51. The van der Waals surface area contributed by atoms with Crippen molar-refractivity contribution in [1.29, 1.82) is 0 Å². The molecule has 5 heteroatoms. The molecule has 0 spiro atoms. The molecule has 3 aromatic carbocycles. The summed E-state index contributed by atoms with van der Waals surface area (Å²) in [7, 11) is 4.99. The highest BCUT2D eigenvalue weighted by atomic mass is 79.9. The second-order valence-electron chi connectivity index (χ2n) is 6.62. The third-order valence-corrected chi connectivity index (χ3v) is 5.53. The van der Waals surface area contributed by atoms with Gasteiger partial charge in [0.05, 0.1) is 27.2 Å². The van der Waals surface area contributed by atoms with Gasteiger partial charge in [-0.1, -0.05) is 28.1 Å². The quantitative estimate of drug-likeness (QED) is 0.506. The molecule has 1 heterocycles.